The molecular weight excluding hydrogens is 382 g/mol. The highest BCUT2D eigenvalue weighted by atomic mass is 32.2. The van der Waals surface area contributed by atoms with Gasteiger partial charge in [-0.1, -0.05) is 0 Å². The number of fused-ring (bicyclic) bond motifs is 1. The molecule has 0 saturated heterocycles. The average Bonchev–Trinajstić information content (AvgIpc) is 3.15. The van der Waals surface area contributed by atoms with Gasteiger partial charge in [-0.2, -0.15) is 0 Å². The SMILES string of the molecule is COc1ccc2[nH]c(C(=O)NCCOc3ccc(SC(=O)NO)cc3)cc2c1. The maximum atomic E-state index is 12.3. The van der Waals surface area contributed by atoms with Crippen molar-refractivity contribution in [2.45, 2.75) is 4.90 Å². The van der Waals surface area contributed by atoms with Crippen molar-refractivity contribution < 1.29 is 24.3 Å². The highest BCUT2D eigenvalue weighted by Crippen LogP contribution is 2.22. The van der Waals surface area contributed by atoms with Gasteiger partial charge in [-0.25, -0.2) is 5.48 Å². The number of thioether (sulfide) groups is 1. The summed E-state index contributed by atoms with van der Waals surface area (Å²) in [5.74, 6) is 1.12. The lowest BCUT2D eigenvalue weighted by molar-refractivity contribution is 0.0943. The number of ether oxygens (including phenoxy) is 2. The zero-order valence-corrected chi connectivity index (χ0v) is 15.8. The van der Waals surface area contributed by atoms with Gasteiger partial charge in [-0.15, -0.1) is 0 Å². The van der Waals surface area contributed by atoms with Crippen LogP contribution in [0.25, 0.3) is 10.9 Å². The molecule has 2 amide bonds. The van der Waals surface area contributed by atoms with Gasteiger partial charge in [0, 0.05) is 15.8 Å². The van der Waals surface area contributed by atoms with E-state index in [4.69, 9.17) is 14.7 Å². The fraction of sp³-hybridized carbons (Fsp3) is 0.158. The van der Waals surface area contributed by atoms with Crippen LogP contribution < -0.4 is 20.3 Å². The highest BCUT2D eigenvalue weighted by molar-refractivity contribution is 8.13. The van der Waals surface area contributed by atoms with E-state index in [2.05, 4.69) is 10.3 Å². The quantitative estimate of drug-likeness (QED) is 0.209. The Morgan fingerprint density at radius 1 is 1.11 bits per heavy atom. The zero-order valence-electron chi connectivity index (χ0n) is 15.0. The molecule has 3 aromatic rings. The second-order valence-electron chi connectivity index (χ2n) is 5.71. The molecule has 0 aliphatic heterocycles. The van der Waals surface area contributed by atoms with Crippen LogP contribution in [0.15, 0.2) is 53.4 Å². The molecule has 0 bridgehead atoms. The van der Waals surface area contributed by atoms with Crippen LogP contribution in [-0.4, -0.2) is 41.6 Å². The minimum Gasteiger partial charge on any atom is -0.497 e. The Morgan fingerprint density at radius 3 is 2.57 bits per heavy atom. The Bertz CT molecular complexity index is 971. The highest BCUT2D eigenvalue weighted by Gasteiger charge is 2.10. The monoisotopic (exact) mass is 401 g/mol. The number of hydroxylamine groups is 1. The summed E-state index contributed by atoms with van der Waals surface area (Å²) in [5.41, 5.74) is 2.87. The lowest BCUT2D eigenvalue weighted by Crippen LogP contribution is -2.28. The Balaban J connectivity index is 1.47. The number of amides is 2. The Labute approximate surface area is 165 Å². The van der Waals surface area contributed by atoms with Crippen molar-refractivity contribution in [1.29, 1.82) is 0 Å². The summed E-state index contributed by atoms with van der Waals surface area (Å²) < 4.78 is 10.7. The van der Waals surface area contributed by atoms with Gasteiger partial charge in [0.2, 0.25) is 0 Å². The summed E-state index contributed by atoms with van der Waals surface area (Å²) in [6, 6.07) is 14.1. The van der Waals surface area contributed by atoms with E-state index in [1.165, 1.54) is 0 Å². The number of carbonyl (C=O) groups excluding carboxylic acids is 2. The molecule has 0 aliphatic rings. The summed E-state index contributed by atoms with van der Waals surface area (Å²) in [5, 5.41) is 11.6. The Hall–Kier alpha value is -3.17. The van der Waals surface area contributed by atoms with Crippen LogP contribution >= 0.6 is 11.8 Å². The molecule has 4 N–H and O–H groups in total. The maximum Gasteiger partial charge on any atom is 0.307 e. The van der Waals surface area contributed by atoms with E-state index in [1.54, 1.807) is 42.9 Å². The largest absolute Gasteiger partial charge is 0.497 e. The first-order chi connectivity index (χ1) is 13.6. The Morgan fingerprint density at radius 2 is 1.86 bits per heavy atom. The number of H-pyrrole nitrogens is 1. The van der Waals surface area contributed by atoms with Gasteiger partial charge in [-0.05, 0) is 60.3 Å². The number of nitrogens with one attached hydrogen (secondary N) is 3. The third-order valence-electron chi connectivity index (χ3n) is 3.85. The standard InChI is InChI=1S/C19H19N3O5S/c1-26-14-4-7-16-12(10-14)11-17(21-16)18(23)20-8-9-27-13-2-5-15(6-3-13)28-19(24)22-25/h2-7,10-11,21,25H,8-9H2,1H3,(H,20,23)(H,22,24). The van der Waals surface area contributed by atoms with Crippen molar-refractivity contribution in [3.05, 3.63) is 54.2 Å². The molecule has 0 fully saturated rings. The van der Waals surface area contributed by atoms with Crippen LogP contribution in [0.4, 0.5) is 4.79 Å². The van der Waals surface area contributed by atoms with Crippen molar-refractivity contribution in [2.75, 3.05) is 20.3 Å². The molecule has 1 heterocycles. The van der Waals surface area contributed by atoms with Crippen molar-refractivity contribution in [3.8, 4) is 11.5 Å². The smallest absolute Gasteiger partial charge is 0.307 e. The number of methoxy groups -OCH3 is 1. The van der Waals surface area contributed by atoms with Crippen molar-refractivity contribution in [1.82, 2.24) is 15.8 Å². The van der Waals surface area contributed by atoms with E-state index in [0.29, 0.717) is 29.5 Å². The molecule has 0 saturated carbocycles. The summed E-state index contributed by atoms with van der Waals surface area (Å²) in [7, 11) is 1.60. The van der Waals surface area contributed by atoms with Crippen LogP contribution in [0.5, 0.6) is 11.5 Å². The molecule has 146 valence electrons. The fourth-order valence-corrected chi connectivity index (χ4v) is 3.05. The molecule has 8 nitrogen and oxygen atoms in total. The maximum absolute atomic E-state index is 12.3. The first kappa shape index (κ1) is 19.6. The molecular formula is C19H19N3O5S. The number of aromatic amines is 1. The molecule has 9 heteroatoms. The van der Waals surface area contributed by atoms with Gasteiger partial charge in [0.25, 0.3) is 5.91 Å². The van der Waals surface area contributed by atoms with Gasteiger partial charge in [-0.3, -0.25) is 14.8 Å². The van der Waals surface area contributed by atoms with Crippen LogP contribution in [0.2, 0.25) is 0 Å². The number of hydrogen-bond donors (Lipinski definition) is 4. The van der Waals surface area contributed by atoms with Crippen molar-refractivity contribution in [3.63, 3.8) is 0 Å². The van der Waals surface area contributed by atoms with E-state index >= 15 is 0 Å². The number of hydrogen-bond acceptors (Lipinski definition) is 6. The van der Waals surface area contributed by atoms with Gasteiger partial charge < -0.3 is 19.8 Å². The van der Waals surface area contributed by atoms with Crippen molar-refractivity contribution in [2.24, 2.45) is 0 Å². The van der Waals surface area contributed by atoms with Crippen LogP contribution in [0.1, 0.15) is 10.5 Å². The van der Waals surface area contributed by atoms with Crippen LogP contribution in [0, 0.1) is 0 Å². The third kappa shape index (κ3) is 4.96. The molecule has 1 aromatic heterocycles. The summed E-state index contributed by atoms with van der Waals surface area (Å²) in [4.78, 5) is 27.1. The molecule has 0 aliphatic carbocycles. The minimum atomic E-state index is -0.563. The molecule has 0 unspecified atom stereocenters. The molecule has 0 spiro atoms. The van der Waals surface area contributed by atoms with Crippen LogP contribution in [0.3, 0.4) is 0 Å². The predicted molar refractivity (Wildman–Crippen MR) is 105 cm³/mol. The number of aromatic nitrogens is 1. The first-order valence-corrected chi connectivity index (χ1v) is 9.20. The van der Waals surface area contributed by atoms with Crippen LogP contribution in [-0.2, 0) is 0 Å². The van der Waals surface area contributed by atoms with E-state index < -0.39 is 5.24 Å². The Kier molecular flexibility index (Phi) is 6.41. The van der Waals surface area contributed by atoms with E-state index in [9.17, 15) is 9.59 Å². The number of rotatable bonds is 7. The summed E-state index contributed by atoms with van der Waals surface area (Å²) in [6.45, 7) is 0.629. The third-order valence-corrected chi connectivity index (χ3v) is 4.64. The number of benzene rings is 2. The van der Waals surface area contributed by atoms with E-state index in [-0.39, 0.29) is 5.91 Å². The first-order valence-electron chi connectivity index (χ1n) is 8.39. The second kappa shape index (κ2) is 9.16. The minimum absolute atomic E-state index is 0.222. The zero-order chi connectivity index (χ0) is 19.9. The van der Waals surface area contributed by atoms with Gasteiger partial charge in [0.1, 0.15) is 23.8 Å². The molecule has 2 aromatic carbocycles. The lowest BCUT2D eigenvalue weighted by Gasteiger charge is -2.08. The molecule has 0 radical (unpaired) electrons. The lowest BCUT2D eigenvalue weighted by atomic mass is 10.2. The molecule has 0 atom stereocenters. The van der Waals surface area contributed by atoms with Gasteiger partial charge in [0.15, 0.2) is 0 Å². The van der Waals surface area contributed by atoms with E-state index in [1.807, 2.05) is 18.2 Å². The average molecular weight is 401 g/mol. The number of carbonyl (C=O) groups is 2. The second-order valence-corrected chi connectivity index (χ2v) is 6.76. The fourth-order valence-electron chi connectivity index (χ4n) is 2.52. The van der Waals surface area contributed by atoms with E-state index in [0.717, 1.165) is 28.4 Å². The van der Waals surface area contributed by atoms with Gasteiger partial charge in [0.05, 0.1) is 13.7 Å². The molecule has 28 heavy (non-hydrogen) atoms. The van der Waals surface area contributed by atoms with Gasteiger partial charge >= 0.3 is 5.24 Å². The molecule has 3 rings (SSSR count). The summed E-state index contributed by atoms with van der Waals surface area (Å²) >= 11 is 0.862. The summed E-state index contributed by atoms with van der Waals surface area (Å²) in [6.07, 6.45) is 0. The topological polar surface area (TPSA) is 113 Å². The van der Waals surface area contributed by atoms with Crippen molar-refractivity contribution >= 4 is 33.8 Å². The normalized spacial score (nSPS) is 10.5. The predicted octanol–water partition coefficient (Wildman–Crippen LogP) is 3.18.